The maximum Gasteiger partial charge on any atom is 0.418 e. The molecule has 0 atom stereocenters. The lowest BCUT2D eigenvalue weighted by Gasteiger charge is -2.20. The van der Waals surface area contributed by atoms with Gasteiger partial charge in [-0.2, -0.15) is 0 Å². The first kappa shape index (κ1) is 21.8. The summed E-state index contributed by atoms with van der Waals surface area (Å²) in [6.45, 7) is 9.52. The molecule has 0 bridgehead atoms. The Morgan fingerprint density at radius 1 is 1.19 bits per heavy atom. The summed E-state index contributed by atoms with van der Waals surface area (Å²) < 4.78 is 10.5. The molecule has 0 spiro atoms. The van der Waals surface area contributed by atoms with Crippen LogP contribution >= 0.6 is 0 Å². The number of rotatable bonds is 8. The maximum absolute atomic E-state index is 12.0. The maximum atomic E-state index is 12.0. The van der Waals surface area contributed by atoms with Crippen molar-refractivity contribution in [3.63, 3.8) is 0 Å². The van der Waals surface area contributed by atoms with Crippen molar-refractivity contribution < 1.29 is 19.1 Å². The molecule has 0 fully saturated rings. The summed E-state index contributed by atoms with van der Waals surface area (Å²) in [5.41, 5.74) is 6.78. The zero-order valence-corrected chi connectivity index (χ0v) is 16.2. The Labute approximate surface area is 155 Å². The van der Waals surface area contributed by atoms with E-state index in [1.165, 1.54) is 5.56 Å². The standard InChI is InChI=1S/C19H31N3O4/c1-5-25-18(24)22(13-11-20)17(23)21-12-6-14-26-16-9-7-15(8-10-16)19(2,3)4/h7-10H,5-6,11-14,20H2,1-4H3,(H,21,23). The molecule has 1 aromatic rings. The molecule has 7 nitrogen and oxygen atoms in total. The monoisotopic (exact) mass is 365 g/mol. The van der Waals surface area contributed by atoms with Gasteiger partial charge in [0.15, 0.2) is 0 Å². The third-order valence-electron chi connectivity index (χ3n) is 3.67. The zero-order chi connectivity index (χ0) is 19.6. The lowest BCUT2D eigenvalue weighted by Crippen LogP contribution is -2.46. The third-order valence-corrected chi connectivity index (χ3v) is 3.67. The number of carbonyl (C=O) groups is 2. The van der Waals surface area contributed by atoms with E-state index in [0.29, 0.717) is 19.6 Å². The molecule has 146 valence electrons. The van der Waals surface area contributed by atoms with Crippen LogP contribution in [0.2, 0.25) is 0 Å². The number of hydrogen-bond acceptors (Lipinski definition) is 5. The van der Waals surface area contributed by atoms with Gasteiger partial charge in [-0.1, -0.05) is 32.9 Å². The fraction of sp³-hybridized carbons (Fsp3) is 0.579. The summed E-state index contributed by atoms with van der Waals surface area (Å²) in [5.74, 6) is 0.792. The summed E-state index contributed by atoms with van der Waals surface area (Å²) in [6, 6.07) is 7.50. The summed E-state index contributed by atoms with van der Waals surface area (Å²) in [4.78, 5) is 24.7. The highest BCUT2D eigenvalue weighted by Gasteiger charge is 2.21. The van der Waals surface area contributed by atoms with Crippen LogP contribution in [0.25, 0.3) is 0 Å². The molecule has 26 heavy (non-hydrogen) atoms. The van der Waals surface area contributed by atoms with Gasteiger partial charge in [-0.05, 0) is 36.5 Å². The Hall–Kier alpha value is -2.28. The predicted octanol–water partition coefficient (Wildman–Crippen LogP) is 2.88. The third kappa shape index (κ3) is 7.31. The van der Waals surface area contributed by atoms with Crippen molar-refractivity contribution in [1.29, 1.82) is 0 Å². The van der Waals surface area contributed by atoms with Gasteiger partial charge in [-0.15, -0.1) is 0 Å². The van der Waals surface area contributed by atoms with Crippen LogP contribution in [0.5, 0.6) is 5.75 Å². The minimum Gasteiger partial charge on any atom is -0.494 e. The molecule has 0 saturated heterocycles. The molecule has 0 aliphatic heterocycles. The van der Waals surface area contributed by atoms with Crippen LogP contribution in [0.15, 0.2) is 24.3 Å². The van der Waals surface area contributed by atoms with E-state index >= 15 is 0 Å². The highest BCUT2D eigenvalue weighted by molar-refractivity contribution is 5.90. The van der Waals surface area contributed by atoms with Gasteiger partial charge in [0.25, 0.3) is 0 Å². The zero-order valence-electron chi connectivity index (χ0n) is 16.2. The second-order valence-corrected chi connectivity index (χ2v) is 6.85. The van der Waals surface area contributed by atoms with E-state index in [0.717, 1.165) is 10.6 Å². The average molecular weight is 365 g/mol. The number of amides is 3. The normalized spacial score (nSPS) is 11.0. The smallest absolute Gasteiger partial charge is 0.418 e. The summed E-state index contributed by atoms with van der Waals surface area (Å²) in [6.07, 6.45) is -0.0721. The Bertz CT molecular complexity index is 567. The molecule has 7 heteroatoms. The fourth-order valence-corrected chi connectivity index (χ4v) is 2.21. The van der Waals surface area contributed by atoms with E-state index in [1.807, 2.05) is 12.1 Å². The minimum atomic E-state index is -0.689. The molecule has 0 saturated carbocycles. The van der Waals surface area contributed by atoms with Crippen molar-refractivity contribution in [2.24, 2.45) is 5.73 Å². The summed E-state index contributed by atoms with van der Waals surface area (Å²) in [7, 11) is 0. The number of imide groups is 1. The molecule has 0 radical (unpaired) electrons. The molecule has 1 aromatic carbocycles. The van der Waals surface area contributed by atoms with Gasteiger partial charge < -0.3 is 20.5 Å². The van der Waals surface area contributed by atoms with Gasteiger partial charge in [0, 0.05) is 19.6 Å². The second-order valence-electron chi connectivity index (χ2n) is 6.85. The number of nitrogens with one attached hydrogen (secondary N) is 1. The van der Waals surface area contributed by atoms with Crippen LogP contribution in [0.3, 0.4) is 0 Å². The molecular formula is C19H31N3O4. The van der Waals surface area contributed by atoms with E-state index in [2.05, 4.69) is 38.2 Å². The quantitative estimate of drug-likeness (QED) is 0.691. The van der Waals surface area contributed by atoms with Gasteiger partial charge in [0.1, 0.15) is 5.75 Å². The molecule has 0 unspecified atom stereocenters. The van der Waals surface area contributed by atoms with Crippen molar-refractivity contribution in [3.8, 4) is 5.75 Å². The molecule has 3 N–H and O–H groups in total. The minimum absolute atomic E-state index is 0.108. The molecule has 0 aliphatic carbocycles. The number of nitrogens with zero attached hydrogens (tertiary/aromatic N) is 1. The Balaban J connectivity index is 2.34. The molecule has 0 aromatic heterocycles. The van der Waals surface area contributed by atoms with E-state index in [9.17, 15) is 9.59 Å². The Morgan fingerprint density at radius 3 is 2.38 bits per heavy atom. The van der Waals surface area contributed by atoms with Crippen LogP contribution in [0, 0.1) is 0 Å². The molecule has 0 aliphatic rings. The van der Waals surface area contributed by atoms with Crippen molar-refractivity contribution in [2.75, 3.05) is 32.8 Å². The number of benzene rings is 1. The van der Waals surface area contributed by atoms with Gasteiger partial charge in [-0.3, -0.25) is 0 Å². The second kappa shape index (κ2) is 10.7. The van der Waals surface area contributed by atoms with Gasteiger partial charge in [0.2, 0.25) is 0 Å². The van der Waals surface area contributed by atoms with Gasteiger partial charge in [0.05, 0.1) is 13.2 Å². The summed E-state index contributed by atoms with van der Waals surface area (Å²) in [5, 5.41) is 2.67. The van der Waals surface area contributed by atoms with Crippen molar-refractivity contribution >= 4 is 12.1 Å². The predicted molar refractivity (Wildman–Crippen MR) is 101 cm³/mol. The lowest BCUT2D eigenvalue weighted by molar-refractivity contribution is 0.115. The van der Waals surface area contributed by atoms with Crippen LogP contribution < -0.4 is 15.8 Å². The van der Waals surface area contributed by atoms with Gasteiger partial charge in [-0.25, -0.2) is 14.5 Å². The largest absolute Gasteiger partial charge is 0.494 e. The van der Waals surface area contributed by atoms with Crippen molar-refractivity contribution in [2.45, 2.75) is 39.5 Å². The Kier molecular flexibility index (Phi) is 8.92. The highest BCUT2D eigenvalue weighted by Crippen LogP contribution is 2.24. The number of nitrogens with two attached hydrogens (primary N) is 1. The highest BCUT2D eigenvalue weighted by atomic mass is 16.6. The lowest BCUT2D eigenvalue weighted by atomic mass is 9.87. The summed E-state index contributed by atoms with van der Waals surface area (Å²) >= 11 is 0. The van der Waals surface area contributed by atoms with Crippen LogP contribution in [0.4, 0.5) is 9.59 Å². The number of carbonyl (C=O) groups excluding carboxylic acids is 2. The van der Waals surface area contributed by atoms with E-state index in [1.54, 1.807) is 6.92 Å². The molecule has 1 rings (SSSR count). The van der Waals surface area contributed by atoms with Crippen LogP contribution in [-0.2, 0) is 10.2 Å². The van der Waals surface area contributed by atoms with Crippen LogP contribution in [0.1, 0.15) is 39.7 Å². The van der Waals surface area contributed by atoms with E-state index in [-0.39, 0.29) is 25.1 Å². The number of ether oxygens (including phenoxy) is 2. The fourth-order valence-electron chi connectivity index (χ4n) is 2.21. The Morgan fingerprint density at radius 2 is 1.85 bits per heavy atom. The molecule has 3 amide bonds. The van der Waals surface area contributed by atoms with Crippen molar-refractivity contribution in [1.82, 2.24) is 10.2 Å². The van der Waals surface area contributed by atoms with Crippen LogP contribution in [-0.4, -0.2) is 49.9 Å². The van der Waals surface area contributed by atoms with E-state index in [4.69, 9.17) is 15.2 Å². The van der Waals surface area contributed by atoms with Crippen molar-refractivity contribution in [3.05, 3.63) is 29.8 Å². The van der Waals surface area contributed by atoms with Gasteiger partial charge >= 0.3 is 12.1 Å². The molecule has 0 heterocycles. The first-order chi connectivity index (χ1) is 12.3. The van der Waals surface area contributed by atoms with E-state index < -0.39 is 12.1 Å². The first-order valence-electron chi connectivity index (χ1n) is 8.95. The topological polar surface area (TPSA) is 93.9 Å². The SMILES string of the molecule is CCOC(=O)N(CCN)C(=O)NCCCOc1ccc(C(C)(C)C)cc1. The number of urea groups is 1. The molecular weight excluding hydrogens is 334 g/mol. The number of hydrogen-bond donors (Lipinski definition) is 2. The first-order valence-corrected chi connectivity index (χ1v) is 8.95. The average Bonchev–Trinajstić information content (AvgIpc) is 2.59.